The van der Waals surface area contributed by atoms with Gasteiger partial charge in [0.1, 0.15) is 18.1 Å². The standard InChI is InChI=1S/C15H15BrO2/c1-11-5-3-4-6-14(11)18-10-12-9-13(16)7-8-15(12)17-2/h3-9H,10H2,1-2H3. The quantitative estimate of drug-likeness (QED) is 0.836. The largest absolute Gasteiger partial charge is 0.496 e. The van der Waals surface area contributed by atoms with Crippen LogP contribution in [0.5, 0.6) is 11.5 Å². The van der Waals surface area contributed by atoms with Gasteiger partial charge in [0, 0.05) is 10.0 Å². The highest BCUT2D eigenvalue weighted by Crippen LogP contribution is 2.25. The fraction of sp³-hybridized carbons (Fsp3) is 0.200. The van der Waals surface area contributed by atoms with Crippen molar-refractivity contribution in [1.82, 2.24) is 0 Å². The molecular weight excluding hydrogens is 292 g/mol. The smallest absolute Gasteiger partial charge is 0.125 e. The van der Waals surface area contributed by atoms with Crippen LogP contribution in [0.2, 0.25) is 0 Å². The van der Waals surface area contributed by atoms with Gasteiger partial charge < -0.3 is 9.47 Å². The number of methoxy groups -OCH3 is 1. The van der Waals surface area contributed by atoms with E-state index in [0.29, 0.717) is 6.61 Å². The van der Waals surface area contributed by atoms with Crippen LogP contribution in [0.15, 0.2) is 46.9 Å². The van der Waals surface area contributed by atoms with Gasteiger partial charge in [0.05, 0.1) is 7.11 Å². The van der Waals surface area contributed by atoms with Gasteiger partial charge >= 0.3 is 0 Å². The number of benzene rings is 2. The molecule has 2 aromatic rings. The molecule has 18 heavy (non-hydrogen) atoms. The van der Waals surface area contributed by atoms with Gasteiger partial charge in [-0.25, -0.2) is 0 Å². The molecule has 0 aliphatic carbocycles. The molecule has 0 aliphatic heterocycles. The molecule has 0 fully saturated rings. The van der Waals surface area contributed by atoms with Crippen LogP contribution in [0.3, 0.4) is 0 Å². The summed E-state index contributed by atoms with van der Waals surface area (Å²) in [4.78, 5) is 0. The van der Waals surface area contributed by atoms with E-state index in [1.165, 1.54) is 0 Å². The Morgan fingerprint density at radius 1 is 1.06 bits per heavy atom. The number of para-hydroxylation sites is 1. The fourth-order valence-electron chi connectivity index (χ4n) is 1.73. The zero-order valence-corrected chi connectivity index (χ0v) is 12.0. The summed E-state index contributed by atoms with van der Waals surface area (Å²) in [5, 5.41) is 0. The molecule has 0 spiro atoms. The van der Waals surface area contributed by atoms with Crippen LogP contribution in [0.4, 0.5) is 0 Å². The Morgan fingerprint density at radius 2 is 1.83 bits per heavy atom. The van der Waals surface area contributed by atoms with Crippen LogP contribution in [0, 0.1) is 6.92 Å². The lowest BCUT2D eigenvalue weighted by molar-refractivity contribution is 0.294. The van der Waals surface area contributed by atoms with Crippen LogP contribution in [-0.2, 0) is 6.61 Å². The Balaban J connectivity index is 2.15. The summed E-state index contributed by atoms with van der Waals surface area (Å²) in [5.74, 6) is 1.74. The zero-order chi connectivity index (χ0) is 13.0. The number of hydrogen-bond donors (Lipinski definition) is 0. The highest BCUT2D eigenvalue weighted by molar-refractivity contribution is 9.10. The van der Waals surface area contributed by atoms with E-state index in [0.717, 1.165) is 27.1 Å². The van der Waals surface area contributed by atoms with Gasteiger partial charge in [0.2, 0.25) is 0 Å². The molecule has 0 bridgehead atoms. The highest BCUT2D eigenvalue weighted by Gasteiger charge is 2.05. The highest BCUT2D eigenvalue weighted by atomic mass is 79.9. The van der Waals surface area contributed by atoms with Gasteiger partial charge in [-0.3, -0.25) is 0 Å². The second-order valence-corrected chi connectivity index (χ2v) is 4.93. The van der Waals surface area contributed by atoms with Gasteiger partial charge in [-0.15, -0.1) is 0 Å². The van der Waals surface area contributed by atoms with Crippen molar-refractivity contribution >= 4 is 15.9 Å². The fourth-order valence-corrected chi connectivity index (χ4v) is 2.14. The summed E-state index contributed by atoms with van der Waals surface area (Å²) in [7, 11) is 1.67. The molecule has 2 nitrogen and oxygen atoms in total. The van der Waals surface area contributed by atoms with Gasteiger partial charge in [-0.1, -0.05) is 34.1 Å². The number of hydrogen-bond acceptors (Lipinski definition) is 2. The molecule has 0 saturated heterocycles. The number of aryl methyl sites for hydroxylation is 1. The molecule has 0 radical (unpaired) electrons. The third-order valence-corrected chi connectivity index (χ3v) is 3.21. The van der Waals surface area contributed by atoms with E-state index in [1.807, 2.05) is 49.4 Å². The molecule has 0 aromatic heterocycles. The molecule has 0 saturated carbocycles. The molecule has 0 heterocycles. The molecular formula is C15H15BrO2. The SMILES string of the molecule is COc1ccc(Br)cc1COc1ccccc1C. The van der Waals surface area contributed by atoms with E-state index in [4.69, 9.17) is 9.47 Å². The van der Waals surface area contributed by atoms with Gasteiger partial charge in [0.15, 0.2) is 0 Å². The summed E-state index contributed by atoms with van der Waals surface area (Å²) in [6, 6.07) is 13.9. The summed E-state index contributed by atoms with van der Waals surface area (Å²) < 4.78 is 12.2. The lowest BCUT2D eigenvalue weighted by Gasteiger charge is -2.12. The van der Waals surface area contributed by atoms with Gasteiger partial charge in [-0.05, 0) is 36.8 Å². The van der Waals surface area contributed by atoms with Crippen molar-refractivity contribution < 1.29 is 9.47 Å². The van der Waals surface area contributed by atoms with Crippen molar-refractivity contribution in [2.75, 3.05) is 7.11 Å². The molecule has 94 valence electrons. The van der Waals surface area contributed by atoms with Crippen molar-refractivity contribution in [3.8, 4) is 11.5 Å². The molecule has 2 rings (SSSR count). The minimum Gasteiger partial charge on any atom is -0.496 e. The number of rotatable bonds is 4. The Hall–Kier alpha value is -1.48. The molecule has 2 aromatic carbocycles. The number of ether oxygens (including phenoxy) is 2. The minimum absolute atomic E-state index is 0.494. The van der Waals surface area contributed by atoms with Gasteiger partial charge in [-0.2, -0.15) is 0 Å². The maximum absolute atomic E-state index is 5.82. The number of halogens is 1. The summed E-state index contributed by atoms with van der Waals surface area (Å²) in [6.07, 6.45) is 0. The monoisotopic (exact) mass is 306 g/mol. The predicted molar refractivity (Wildman–Crippen MR) is 76.2 cm³/mol. The maximum atomic E-state index is 5.82. The van der Waals surface area contributed by atoms with Crippen LogP contribution < -0.4 is 9.47 Å². The van der Waals surface area contributed by atoms with E-state index >= 15 is 0 Å². The predicted octanol–water partition coefficient (Wildman–Crippen LogP) is 4.35. The Kier molecular flexibility index (Phi) is 4.26. The van der Waals surface area contributed by atoms with Crippen molar-refractivity contribution in [3.05, 3.63) is 58.1 Å². The summed E-state index contributed by atoms with van der Waals surface area (Å²) >= 11 is 3.46. The van der Waals surface area contributed by atoms with E-state index < -0.39 is 0 Å². The molecule has 3 heteroatoms. The Morgan fingerprint density at radius 3 is 2.56 bits per heavy atom. The molecule has 0 amide bonds. The third-order valence-electron chi connectivity index (χ3n) is 2.72. The summed E-state index contributed by atoms with van der Waals surface area (Å²) in [6.45, 7) is 2.53. The lowest BCUT2D eigenvalue weighted by atomic mass is 10.2. The van der Waals surface area contributed by atoms with E-state index in [1.54, 1.807) is 7.11 Å². The minimum atomic E-state index is 0.494. The molecule has 0 atom stereocenters. The van der Waals surface area contributed by atoms with E-state index in [9.17, 15) is 0 Å². The van der Waals surface area contributed by atoms with Crippen LogP contribution in [0.1, 0.15) is 11.1 Å². The first-order valence-electron chi connectivity index (χ1n) is 5.71. The average Bonchev–Trinajstić information content (AvgIpc) is 2.38. The topological polar surface area (TPSA) is 18.5 Å². The molecule has 0 unspecified atom stereocenters. The first-order valence-corrected chi connectivity index (χ1v) is 6.51. The van der Waals surface area contributed by atoms with Crippen LogP contribution in [-0.4, -0.2) is 7.11 Å². The van der Waals surface area contributed by atoms with Crippen molar-refractivity contribution in [1.29, 1.82) is 0 Å². The van der Waals surface area contributed by atoms with Crippen molar-refractivity contribution in [2.45, 2.75) is 13.5 Å². The maximum Gasteiger partial charge on any atom is 0.125 e. The van der Waals surface area contributed by atoms with Crippen LogP contribution >= 0.6 is 15.9 Å². The second-order valence-electron chi connectivity index (χ2n) is 4.01. The Bertz CT molecular complexity index is 538. The Labute approximate surface area is 116 Å². The molecule has 0 aliphatic rings. The zero-order valence-electron chi connectivity index (χ0n) is 10.4. The van der Waals surface area contributed by atoms with Gasteiger partial charge in [0.25, 0.3) is 0 Å². The second kappa shape index (κ2) is 5.91. The first kappa shape index (κ1) is 13.0. The van der Waals surface area contributed by atoms with Crippen LogP contribution in [0.25, 0.3) is 0 Å². The van der Waals surface area contributed by atoms with Crippen molar-refractivity contribution in [2.24, 2.45) is 0 Å². The van der Waals surface area contributed by atoms with Crippen molar-refractivity contribution in [3.63, 3.8) is 0 Å². The van der Waals surface area contributed by atoms with E-state index in [2.05, 4.69) is 15.9 Å². The lowest BCUT2D eigenvalue weighted by Crippen LogP contribution is -1.99. The van der Waals surface area contributed by atoms with E-state index in [-0.39, 0.29) is 0 Å². The molecule has 0 N–H and O–H groups in total. The summed E-state index contributed by atoms with van der Waals surface area (Å²) in [5.41, 5.74) is 2.15. The average molecular weight is 307 g/mol. The normalized spacial score (nSPS) is 10.2. The third kappa shape index (κ3) is 3.05. The first-order chi connectivity index (χ1) is 8.70.